The summed E-state index contributed by atoms with van der Waals surface area (Å²) in [7, 11) is 0. The highest BCUT2D eigenvalue weighted by Gasteiger charge is 2.20. The van der Waals surface area contributed by atoms with E-state index in [-0.39, 0.29) is 30.8 Å². The van der Waals surface area contributed by atoms with Crippen molar-refractivity contribution in [3.05, 3.63) is 64.4 Å². The van der Waals surface area contributed by atoms with Gasteiger partial charge in [0, 0.05) is 11.3 Å². The molecule has 0 aliphatic heterocycles. The second-order valence-electron chi connectivity index (χ2n) is 6.55. The average molecular weight is 472 g/mol. The van der Waals surface area contributed by atoms with Gasteiger partial charge in [-0.05, 0) is 30.0 Å². The third-order valence-corrected chi connectivity index (χ3v) is 6.27. The number of esters is 2. The average Bonchev–Trinajstić information content (AvgIpc) is 3.47. The van der Waals surface area contributed by atoms with Crippen molar-refractivity contribution in [3.8, 4) is 10.4 Å². The number of carbonyl (C=O) groups is 4. The molecule has 3 aromatic rings. The van der Waals surface area contributed by atoms with E-state index in [0.717, 1.165) is 10.4 Å². The van der Waals surface area contributed by atoms with E-state index in [9.17, 15) is 19.2 Å². The molecule has 2 aromatic heterocycles. The Balaban J connectivity index is 1.58. The molecule has 166 valence electrons. The topological polar surface area (TPSA) is 98.8 Å². The molecule has 1 N–H and O–H groups in total. The normalized spacial score (nSPS) is 10.4. The Morgan fingerprint density at radius 1 is 0.969 bits per heavy atom. The highest BCUT2D eigenvalue weighted by atomic mass is 32.1. The van der Waals surface area contributed by atoms with E-state index < -0.39 is 24.5 Å². The molecule has 1 amide bonds. The maximum absolute atomic E-state index is 12.3. The van der Waals surface area contributed by atoms with Crippen LogP contribution in [0.5, 0.6) is 0 Å². The molecule has 0 radical (unpaired) electrons. The fourth-order valence-corrected chi connectivity index (χ4v) is 4.51. The summed E-state index contributed by atoms with van der Waals surface area (Å²) < 4.78 is 10.1. The lowest BCUT2D eigenvalue weighted by Gasteiger charge is -2.07. The number of thiophene rings is 2. The van der Waals surface area contributed by atoms with Crippen LogP contribution in [-0.4, -0.2) is 36.8 Å². The molecular weight excluding hydrogens is 450 g/mol. The van der Waals surface area contributed by atoms with Crippen LogP contribution in [0.25, 0.3) is 10.4 Å². The number of hydrogen-bond donors (Lipinski definition) is 1. The summed E-state index contributed by atoms with van der Waals surface area (Å²) in [6.45, 7) is 1.38. The summed E-state index contributed by atoms with van der Waals surface area (Å²) in [6.07, 6.45) is -0.103. The van der Waals surface area contributed by atoms with E-state index >= 15 is 0 Å². The second-order valence-corrected chi connectivity index (χ2v) is 8.55. The van der Waals surface area contributed by atoms with Crippen molar-refractivity contribution in [2.24, 2.45) is 0 Å². The van der Waals surface area contributed by atoms with E-state index in [1.54, 1.807) is 30.5 Å². The Kier molecular flexibility index (Phi) is 8.29. The molecule has 0 aliphatic carbocycles. The maximum Gasteiger partial charge on any atom is 0.341 e. The van der Waals surface area contributed by atoms with Gasteiger partial charge in [-0.15, -0.1) is 22.7 Å². The van der Waals surface area contributed by atoms with Gasteiger partial charge < -0.3 is 14.8 Å². The zero-order valence-corrected chi connectivity index (χ0v) is 18.9. The minimum absolute atomic E-state index is 0.0132. The van der Waals surface area contributed by atoms with Crippen molar-refractivity contribution in [2.75, 3.05) is 18.5 Å². The van der Waals surface area contributed by atoms with Crippen LogP contribution in [0.1, 0.15) is 39.8 Å². The van der Waals surface area contributed by atoms with Crippen LogP contribution in [0.3, 0.4) is 0 Å². The number of ketones is 1. The lowest BCUT2D eigenvalue weighted by Crippen LogP contribution is -2.21. The minimum Gasteiger partial charge on any atom is -0.462 e. The molecule has 0 fully saturated rings. The van der Waals surface area contributed by atoms with Crippen molar-refractivity contribution in [2.45, 2.75) is 19.8 Å². The first kappa shape index (κ1) is 23.4. The predicted molar refractivity (Wildman–Crippen MR) is 123 cm³/mol. The van der Waals surface area contributed by atoms with Gasteiger partial charge in [-0.1, -0.05) is 36.4 Å². The summed E-state index contributed by atoms with van der Waals surface area (Å²) >= 11 is 2.53. The largest absolute Gasteiger partial charge is 0.462 e. The van der Waals surface area contributed by atoms with Crippen LogP contribution in [0.2, 0.25) is 0 Å². The first-order valence-electron chi connectivity index (χ1n) is 9.86. The number of amides is 1. The van der Waals surface area contributed by atoms with Gasteiger partial charge in [-0.2, -0.15) is 0 Å². The number of rotatable bonds is 10. The molecule has 1 aromatic carbocycles. The number of carbonyl (C=O) groups excluding carboxylic acids is 4. The molecule has 0 spiro atoms. The number of anilines is 1. The van der Waals surface area contributed by atoms with Crippen LogP contribution in [-0.2, 0) is 19.1 Å². The lowest BCUT2D eigenvalue weighted by molar-refractivity contribution is -0.147. The summed E-state index contributed by atoms with van der Waals surface area (Å²) in [6, 6.07) is 14.5. The van der Waals surface area contributed by atoms with Crippen molar-refractivity contribution in [3.63, 3.8) is 0 Å². The van der Waals surface area contributed by atoms with Gasteiger partial charge in [0.25, 0.3) is 5.91 Å². The third kappa shape index (κ3) is 6.35. The highest BCUT2D eigenvalue weighted by Crippen LogP contribution is 2.35. The molecule has 9 heteroatoms. The van der Waals surface area contributed by atoms with Crippen LogP contribution in [0.4, 0.5) is 5.00 Å². The standard InChI is InChI=1S/C23H21NO6S2/c1-2-29-23(28)16-13-19(15-7-4-3-5-8-15)32-22(16)24-20(26)14-30-21(27)11-10-17(25)18-9-6-12-31-18/h3-9,12-13H,2,10-11,14H2,1H3,(H,24,26). The highest BCUT2D eigenvalue weighted by molar-refractivity contribution is 7.20. The number of Topliss-reactive ketones (excluding diaryl/α,β-unsaturated/α-hetero) is 1. The Morgan fingerprint density at radius 2 is 1.75 bits per heavy atom. The summed E-state index contributed by atoms with van der Waals surface area (Å²) in [5.74, 6) is -1.93. The van der Waals surface area contributed by atoms with Crippen LogP contribution >= 0.6 is 22.7 Å². The molecule has 0 unspecified atom stereocenters. The van der Waals surface area contributed by atoms with Crippen LogP contribution < -0.4 is 5.32 Å². The van der Waals surface area contributed by atoms with E-state index in [4.69, 9.17) is 9.47 Å². The summed E-state index contributed by atoms with van der Waals surface area (Å²) in [5, 5.41) is 4.72. The molecule has 0 saturated heterocycles. The van der Waals surface area contributed by atoms with Gasteiger partial charge in [0.15, 0.2) is 12.4 Å². The molecule has 0 saturated carbocycles. The van der Waals surface area contributed by atoms with Crippen molar-refractivity contribution in [1.29, 1.82) is 0 Å². The maximum atomic E-state index is 12.3. The zero-order chi connectivity index (χ0) is 22.9. The van der Waals surface area contributed by atoms with Crippen LogP contribution in [0, 0.1) is 0 Å². The van der Waals surface area contributed by atoms with E-state index in [2.05, 4.69) is 5.32 Å². The SMILES string of the molecule is CCOC(=O)c1cc(-c2ccccc2)sc1NC(=O)COC(=O)CCC(=O)c1cccs1. The molecule has 32 heavy (non-hydrogen) atoms. The monoisotopic (exact) mass is 471 g/mol. The quantitative estimate of drug-likeness (QED) is 0.337. The fourth-order valence-electron chi connectivity index (χ4n) is 2.75. The van der Waals surface area contributed by atoms with Crippen molar-refractivity contribution < 1.29 is 28.7 Å². The van der Waals surface area contributed by atoms with Crippen LogP contribution in [0.15, 0.2) is 53.9 Å². The number of nitrogens with one attached hydrogen (secondary N) is 1. The predicted octanol–water partition coefficient (Wildman–Crippen LogP) is 4.80. The van der Waals surface area contributed by atoms with Gasteiger partial charge in [0.1, 0.15) is 5.00 Å². The number of hydrogen-bond acceptors (Lipinski definition) is 8. The Morgan fingerprint density at radius 3 is 2.44 bits per heavy atom. The van der Waals surface area contributed by atoms with Gasteiger partial charge >= 0.3 is 11.9 Å². The van der Waals surface area contributed by atoms with Crippen molar-refractivity contribution >= 4 is 51.3 Å². The number of ether oxygens (including phenoxy) is 2. The molecule has 7 nitrogen and oxygen atoms in total. The van der Waals surface area contributed by atoms with E-state index in [1.165, 1.54) is 22.7 Å². The molecule has 3 rings (SSSR count). The smallest absolute Gasteiger partial charge is 0.341 e. The van der Waals surface area contributed by atoms with Gasteiger partial charge in [-0.3, -0.25) is 14.4 Å². The molecular formula is C23H21NO6S2. The Bertz CT molecular complexity index is 1090. The van der Waals surface area contributed by atoms with Crippen molar-refractivity contribution in [1.82, 2.24) is 0 Å². The fraction of sp³-hybridized carbons (Fsp3) is 0.217. The molecule has 0 atom stereocenters. The summed E-state index contributed by atoms with van der Waals surface area (Å²) in [4.78, 5) is 49.9. The van der Waals surface area contributed by atoms with E-state index in [1.807, 2.05) is 30.3 Å². The third-order valence-electron chi connectivity index (χ3n) is 4.26. The summed E-state index contributed by atoms with van der Waals surface area (Å²) in [5.41, 5.74) is 1.13. The number of benzene rings is 1. The Labute approximate surface area is 193 Å². The van der Waals surface area contributed by atoms with Gasteiger partial charge in [-0.25, -0.2) is 4.79 Å². The lowest BCUT2D eigenvalue weighted by atomic mass is 10.1. The Hall–Kier alpha value is -3.30. The van der Waals surface area contributed by atoms with Gasteiger partial charge in [0.05, 0.1) is 23.5 Å². The van der Waals surface area contributed by atoms with Gasteiger partial charge in [0.2, 0.25) is 0 Å². The molecule has 2 heterocycles. The second kappa shape index (κ2) is 11.4. The minimum atomic E-state index is -0.646. The first-order chi connectivity index (χ1) is 15.5. The molecule has 0 bridgehead atoms. The van der Waals surface area contributed by atoms with E-state index in [0.29, 0.717) is 9.88 Å². The first-order valence-corrected chi connectivity index (χ1v) is 11.6. The zero-order valence-electron chi connectivity index (χ0n) is 17.3. The molecule has 0 aliphatic rings.